The molecule has 0 amide bonds. The van der Waals surface area contributed by atoms with Crippen LogP contribution in [0.3, 0.4) is 0 Å². The molecule has 1 aliphatic carbocycles. The molecule has 4 nitrogen and oxygen atoms in total. The average Bonchev–Trinajstić information content (AvgIpc) is 2.62. The van der Waals surface area contributed by atoms with Crippen LogP contribution in [-0.4, -0.2) is 20.1 Å². The molecule has 0 fully saturated rings. The van der Waals surface area contributed by atoms with Crippen LogP contribution >= 0.6 is 11.6 Å². The molecule has 0 saturated carbocycles. The topological polar surface area (TPSA) is 56.7 Å². The van der Waals surface area contributed by atoms with Crippen LogP contribution in [0.2, 0.25) is 0 Å². The molecule has 1 unspecified atom stereocenters. The molecule has 1 aromatic rings. The minimum atomic E-state index is -0.794. The molecule has 0 heterocycles. The van der Waals surface area contributed by atoms with Gasteiger partial charge in [0, 0.05) is 5.57 Å². The minimum Gasteiger partial charge on any atom is -0.465 e. The van der Waals surface area contributed by atoms with Crippen molar-refractivity contribution in [2.45, 2.75) is 13.3 Å². The number of benzene rings is 1. The van der Waals surface area contributed by atoms with Crippen LogP contribution in [0.1, 0.15) is 24.5 Å². The molecule has 26 heavy (non-hydrogen) atoms. The van der Waals surface area contributed by atoms with Crippen molar-refractivity contribution in [3.05, 3.63) is 68.2 Å². The zero-order valence-electron chi connectivity index (χ0n) is 14.6. The first-order valence-corrected chi connectivity index (χ1v) is 8.18. The average molecular weight is 380 g/mol. The van der Waals surface area contributed by atoms with Gasteiger partial charge < -0.3 is 10.5 Å². The number of hydrogen-bond donors (Lipinski definition) is 1. The second-order valence-corrected chi connectivity index (χ2v) is 6.11. The number of rotatable bonds is 2. The molecular formula is C19H18ClF2N2O2+. The molecular weight excluding hydrogens is 362 g/mol. The molecule has 0 bridgehead atoms. The van der Waals surface area contributed by atoms with Gasteiger partial charge >= 0.3 is 12.0 Å². The Morgan fingerprint density at radius 2 is 2.12 bits per heavy atom. The maximum absolute atomic E-state index is 15.1. The Balaban J connectivity index is 2.63. The summed E-state index contributed by atoms with van der Waals surface area (Å²) in [6.07, 6.45) is 1.84. The third-order valence-electron chi connectivity index (χ3n) is 4.03. The van der Waals surface area contributed by atoms with Gasteiger partial charge in [0.2, 0.25) is 0 Å². The fourth-order valence-electron chi connectivity index (χ4n) is 2.69. The first kappa shape index (κ1) is 19.7. The van der Waals surface area contributed by atoms with E-state index in [0.717, 1.165) is 0 Å². The number of hydrogen-bond acceptors (Lipinski definition) is 3. The molecule has 136 valence electrons. The number of carbonyl (C=O) groups is 1. The zero-order valence-corrected chi connectivity index (χ0v) is 15.3. The third kappa shape index (κ3) is 3.78. The Bertz CT molecular complexity index is 908. The van der Waals surface area contributed by atoms with Gasteiger partial charge in [0.05, 0.1) is 23.4 Å². The number of nitrogens with zero attached hydrogens (tertiary/aromatic N) is 1. The highest BCUT2D eigenvalue weighted by Crippen LogP contribution is 2.37. The van der Waals surface area contributed by atoms with Crippen LogP contribution in [0.25, 0.3) is 10.4 Å². The first-order chi connectivity index (χ1) is 12.3. The lowest BCUT2D eigenvalue weighted by atomic mass is 9.87. The van der Waals surface area contributed by atoms with Gasteiger partial charge in [-0.15, -0.1) is 0 Å². The quantitative estimate of drug-likeness (QED) is 0.776. The molecule has 0 saturated heterocycles. The Morgan fingerprint density at radius 3 is 2.69 bits per heavy atom. The normalized spacial score (nSPS) is 17.8. The first-order valence-electron chi connectivity index (χ1n) is 7.80. The number of ether oxygens (including phenoxy) is 1. The van der Waals surface area contributed by atoms with Crippen molar-refractivity contribution < 1.29 is 18.3 Å². The van der Waals surface area contributed by atoms with Gasteiger partial charge in [-0.25, -0.2) is 13.6 Å². The summed E-state index contributed by atoms with van der Waals surface area (Å²) in [6.45, 7) is 1.75. The van der Waals surface area contributed by atoms with E-state index in [2.05, 4.69) is 15.7 Å². The molecule has 0 aromatic heterocycles. The predicted molar refractivity (Wildman–Crippen MR) is 97.6 cm³/mol. The second kappa shape index (κ2) is 8.15. The maximum atomic E-state index is 15.1. The summed E-state index contributed by atoms with van der Waals surface area (Å²) in [4.78, 5) is 15.5. The highest BCUT2D eigenvalue weighted by atomic mass is 35.5. The van der Waals surface area contributed by atoms with Crippen molar-refractivity contribution in [3.8, 4) is 6.07 Å². The van der Waals surface area contributed by atoms with Crippen molar-refractivity contribution in [2.24, 2.45) is 11.7 Å². The monoisotopic (exact) mass is 379 g/mol. The van der Waals surface area contributed by atoms with Crippen LogP contribution in [0.5, 0.6) is 0 Å². The summed E-state index contributed by atoms with van der Waals surface area (Å²) in [5, 5.41) is -0.234. The number of allylic oxidation sites excluding steroid dienone is 3. The van der Waals surface area contributed by atoms with Gasteiger partial charge in [-0.1, -0.05) is 35.5 Å². The summed E-state index contributed by atoms with van der Waals surface area (Å²) in [5.74, 6) is -2.46. The number of halogens is 3. The summed E-state index contributed by atoms with van der Waals surface area (Å²) in [7, 11) is 2.68. The van der Waals surface area contributed by atoms with Gasteiger partial charge in [-0.05, 0) is 30.0 Å². The number of carbonyl (C=O) groups excluding carboxylic acids is 1. The van der Waals surface area contributed by atoms with E-state index in [4.69, 9.17) is 17.3 Å². The van der Waals surface area contributed by atoms with Crippen LogP contribution in [0.4, 0.5) is 8.78 Å². The summed E-state index contributed by atoms with van der Waals surface area (Å²) >= 11 is 6.09. The van der Waals surface area contributed by atoms with E-state index in [0.29, 0.717) is 12.0 Å². The molecule has 0 spiro atoms. The zero-order chi connectivity index (χ0) is 19.4. The van der Waals surface area contributed by atoms with Crippen molar-refractivity contribution in [1.82, 2.24) is 0 Å². The van der Waals surface area contributed by atoms with Crippen LogP contribution in [-0.2, 0) is 9.53 Å². The molecule has 0 radical (unpaired) electrons. The van der Waals surface area contributed by atoms with Gasteiger partial charge in [-0.3, -0.25) is 0 Å². The van der Waals surface area contributed by atoms with E-state index >= 15 is 4.39 Å². The lowest BCUT2D eigenvalue weighted by Crippen LogP contribution is -2.15. The Labute approximate surface area is 155 Å². The van der Waals surface area contributed by atoms with Gasteiger partial charge in [0.1, 0.15) is 11.4 Å². The highest BCUT2D eigenvalue weighted by molar-refractivity contribution is 6.35. The summed E-state index contributed by atoms with van der Waals surface area (Å²) in [6, 6.07) is 6.74. The van der Waals surface area contributed by atoms with Crippen molar-refractivity contribution in [3.63, 3.8) is 0 Å². The smallest absolute Gasteiger partial charge is 0.339 e. The van der Waals surface area contributed by atoms with E-state index in [-0.39, 0.29) is 27.7 Å². The standard InChI is InChI=1S/C19H18ClF2N2O2/c1-10-4-7-13(19(25)26-3)16(20)18(23)17(22)15(10)11-5-6-12(9-24-2)14(21)8-11/h5-8,10H,4,23H2,1-3H3/q+1. The molecule has 1 aliphatic rings. The van der Waals surface area contributed by atoms with Crippen molar-refractivity contribution in [1.29, 1.82) is 0 Å². The summed E-state index contributed by atoms with van der Waals surface area (Å²) in [5.41, 5.74) is 6.14. The highest BCUT2D eigenvalue weighted by Gasteiger charge is 2.26. The van der Waals surface area contributed by atoms with Crippen LogP contribution in [0.15, 0.2) is 46.4 Å². The number of esters is 1. The molecule has 2 rings (SSSR count). The van der Waals surface area contributed by atoms with E-state index < -0.39 is 23.3 Å². The van der Waals surface area contributed by atoms with Crippen LogP contribution in [0, 0.1) is 17.8 Å². The third-order valence-corrected chi connectivity index (χ3v) is 4.44. The van der Waals surface area contributed by atoms with Gasteiger partial charge in [0.15, 0.2) is 5.83 Å². The molecule has 7 heteroatoms. The molecule has 1 atom stereocenters. The fraction of sp³-hybridized carbons (Fsp3) is 0.263. The SMILES string of the molecule is C[N+]#Cc1ccc(C2=C(F)C(N)=C(Cl)C(C(=O)OC)=CCC2C)cc1F. The largest absolute Gasteiger partial charge is 0.465 e. The molecule has 2 N–H and O–H groups in total. The van der Waals surface area contributed by atoms with Crippen molar-refractivity contribution in [2.75, 3.05) is 14.2 Å². The lowest BCUT2D eigenvalue weighted by molar-refractivity contribution is -0.135. The van der Waals surface area contributed by atoms with Gasteiger partial charge in [0.25, 0.3) is 7.05 Å². The number of methoxy groups -OCH3 is 1. The Kier molecular flexibility index (Phi) is 6.17. The Morgan fingerprint density at radius 1 is 1.42 bits per heavy atom. The Hall–Kier alpha value is -2.65. The maximum Gasteiger partial charge on any atom is 0.339 e. The molecule has 1 aromatic carbocycles. The summed E-state index contributed by atoms with van der Waals surface area (Å²) < 4.78 is 33.9. The van der Waals surface area contributed by atoms with E-state index in [1.54, 1.807) is 19.1 Å². The predicted octanol–water partition coefficient (Wildman–Crippen LogP) is 4.37. The van der Waals surface area contributed by atoms with Gasteiger partial charge in [-0.2, -0.15) is 0 Å². The van der Waals surface area contributed by atoms with E-state index in [9.17, 15) is 9.18 Å². The second-order valence-electron chi connectivity index (χ2n) is 5.73. The van der Waals surface area contributed by atoms with Crippen LogP contribution < -0.4 is 5.73 Å². The lowest BCUT2D eigenvalue weighted by Gasteiger charge is -2.20. The van der Waals surface area contributed by atoms with Crippen molar-refractivity contribution >= 4 is 23.1 Å². The number of nitrogens with two attached hydrogens (primary N) is 1. The fourth-order valence-corrected chi connectivity index (χ4v) is 2.93. The molecule has 0 aliphatic heterocycles. The minimum absolute atomic E-state index is 0.00278. The van der Waals surface area contributed by atoms with E-state index in [1.165, 1.54) is 26.3 Å². The van der Waals surface area contributed by atoms with E-state index in [1.807, 2.05) is 0 Å².